The summed E-state index contributed by atoms with van der Waals surface area (Å²) < 4.78 is 5.54. The highest BCUT2D eigenvalue weighted by atomic mass is 16.5. The van der Waals surface area contributed by atoms with Crippen LogP contribution in [0.2, 0.25) is 0 Å². The number of nitrogens with zero attached hydrogens (tertiary/aromatic N) is 2. The molecule has 1 aromatic heterocycles. The number of hydrogen-bond acceptors (Lipinski definition) is 4. The van der Waals surface area contributed by atoms with Crippen molar-refractivity contribution in [3.8, 4) is 6.01 Å². The Bertz CT molecular complexity index is 291. The number of rotatable bonds is 4. The van der Waals surface area contributed by atoms with Crippen molar-refractivity contribution in [1.29, 1.82) is 0 Å². The molecule has 2 N–H and O–H groups in total. The highest BCUT2D eigenvalue weighted by Gasteiger charge is 2.26. The van der Waals surface area contributed by atoms with Crippen LogP contribution >= 0.6 is 0 Å². The van der Waals surface area contributed by atoms with Crippen molar-refractivity contribution in [2.75, 3.05) is 13.2 Å². The van der Waals surface area contributed by atoms with Crippen LogP contribution in [0.4, 0.5) is 0 Å². The molecule has 1 aromatic rings. The molecule has 4 nitrogen and oxygen atoms in total. The van der Waals surface area contributed by atoms with E-state index in [-0.39, 0.29) is 0 Å². The van der Waals surface area contributed by atoms with Crippen LogP contribution in [0.5, 0.6) is 6.01 Å². The van der Waals surface area contributed by atoms with Crippen LogP contribution in [0.1, 0.15) is 19.3 Å². The summed E-state index contributed by atoms with van der Waals surface area (Å²) in [7, 11) is 0. The average Bonchev–Trinajstić information content (AvgIpc) is 2.75. The van der Waals surface area contributed by atoms with Gasteiger partial charge in [-0.25, -0.2) is 9.97 Å². The smallest absolute Gasteiger partial charge is 0.316 e. The lowest BCUT2D eigenvalue weighted by Crippen LogP contribution is -2.23. The van der Waals surface area contributed by atoms with Gasteiger partial charge in [-0.3, -0.25) is 0 Å². The molecule has 0 radical (unpaired) electrons. The first kappa shape index (κ1) is 10.4. The Balaban J connectivity index is 1.83. The molecule has 2 atom stereocenters. The summed E-state index contributed by atoms with van der Waals surface area (Å²) >= 11 is 0. The summed E-state index contributed by atoms with van der Waals surface area (Å²) in [5, 5.41) is 0. The van der Waals surface area contributed by atoms with Crippen LogP contribution in [-0.4, -0.2) is 23.1 Å². The molecule has 1 heterocycles. The fourth-order valence-electron chi connectivity index (χ4n) is 2.18. The molecule has 2 rings (SSSR count). The third kappa shape index (κ3) is 2.65. The second-order valence-electron chi connectivity index (χ2n) is 4.03. The normalized spacial score (nSPS) is 25.4. The Labute approximate surface area is 89.9 Å². The lowest BCUT2D eigenvalue weighted by atomic mass is 9.97. The monoisotopic (exact) mass is 207 g/mol. The summed E-state index contributed by atoms with van der Waals surface area (Å²) in [6.45, 7) is 1.47. The Morgan fingerprint density at radius 3 is 2.73 bits per heavy atom. The van der Waals surface area contributed by atoms with Gasteiger partial charge in [0, 0.05) is 12.4 Å². The Morgan fingerprint density at radius 1 is 1.27 bits per heavy atom. The molecule has 0 spiro atoms. The van der Waals surface area contributed by atoms with Gasteiger partial charge in [-0.2, -0.15) is 0 Å². The Kier molecular flexibility index (Phi) is 3.50. The van der Waals surface area contributed by atoms with Crippen molar-refractivity contribution >= 4 is 0 Å². The van der Waals surface area contributed by atoms with Crippen LogP contribution in [-0.2, 0) is 0 Å². The Morgan fingerprint density at radius 2 is 2.00 bits per heavy atom. The maximum Gasteiger partial charge on any atom is 0.316 e. The summed E-state index contributed by atoms with van der Waals surface area (Å²) in [5.74, 6) is 1.20. The first-order valence-corrected chi connectivity index (χ1v) is 5.50. The molecule has 0 aromatic carbocycles. The van der Waals surface area contributed by atoms with Gasteiger partial charge in [0.15, 0.2) is 0 Å². The third-order valence-corrected chi connectivity index (χ3v) is 3.09. The van der Waals surface area contributed by atoms with Gasteiger partial charge in [-0.1, -0.05) is 6.42 Å². The number of nitrogens with two attached hydrogens (primary N) is 1. The van der Waals surface area contributed by atoms with Gasteiger partial charge in [0.1, 0.15) is 0 Å². The highest BCUT2D eigenvalue weighted by molar-refractivity contribution is 4.93. The van der Waals surface area contributed by atoms with E-state index >= 15 is 0 Å². The van der Waals surface area contributed by atoms with Crippen molar-refractivity contribution in [2.45, 2.75) is 19.3 Å². The number of hydrogen-bond donors (Lipinski definition) is 1. The lowest BCUT2D eigenvalue weighted by Gasteiger charge is -2.17. The van der Waals surface area contributed by atoms with Crippen LogP contribution < -0.4 is 10.5 Å². The molecule has 82 valence electrons. The van der Waals surface area contributed by atoms with Gasteiger partial charge in [0.2, 0.25) is 0 Å². The molecule has 1 aliphatic carbocycles. The zero-order valence-electron chi connectivity index (χ0n) is 8.80. The van der Waals surface area contributed by atoms with E-state index in [1.807, 2.05) is 0 Å². The predicted molar refractivity (Wildman–Crippen MR) is 57.4 cm³/mol. The maximum atomic E-state index is 5.71. The summed E-state index contributed by atoms with van der Waals surface area (Å²) in [4.78, 5) is 8.05. The predicted octanol–water partition coefficient (Wildman–Crippen LogP) is 1.23. The fraction of sp³-hybridized carbons (Fsp3) is 0.636. The van der Waals surface area contributed by atoms with Crippen LogP contribution in [0.3, 0.4) is 0 Å². The van der Waals surface area contributed by atoms with E-state index in [1.165, 1.54) is 19.3 Å². The van der Waals surface area contributed by atoms with Crippen molar-refractivity contribution in [1.82, 2.24) is 9.97 Å². The van der Waals surface area contributed by atoms with Gasteiger partial charge in [-0.05, 0) is 37.3 Å². The molecule has 4 heteroatoms. The summed E-state index contributed by atoms with van der Waals surface area (Å²) in [5.41, 5.74) is 5.71. The van der Waals surface area contributed by atoms with E-state index in [0.29, 0.717) is 24.5 Å². The Hall–Kier alpha value is -1.16. The van der Waals surface area contributed by atoms with E-state index in [1.54, 1.807) is 18.5 Å². The maximum absolute atomic E-state index is 5.71. The zero-order valence-corrected chi connectivity index (χ0v) is 8.80. The number of ether oxygens (including phenoxy) is 1. The lowest BCUT2D eigenvalue weighted by molar-refractivity contribution is 0.203. The molecule has 1 saturated carbocycles. The first-order valence-electron chi connectivity index (χ1n) is 5.50. The van der Waals surface area contributed by atoms with Crippen molar-refractivity contribution in [3.05, 3.63) is 18.5 Å². The average molecular weight is 207 g/mol. The second kappa shape index (κ2) is 5.07. The molecule has 1 aliphatic rings. The van der Waals surface area contributed by atoms with Crippen LogP contribution in [0.15, 0.2) is 18.5 Å². The van der Waals surface area contributed by atoms with E-state index in [0.717, 1.165) is 6.54 Å². The molecule has 0 saturated heterocycles. The molecule has 0 amide bonds. The quantitative estimate of drug-likeness (QED) is 0.806. The van der Waals surface area contributed by atoms with E-state index in [2.05, 4.69) is 9.97 Å². The van der Waals surface area contributed by atoms with Gasteiger partial charge in [0.25, 0.3) is 0 Å². The standard InChI is InChI=1S/C11H17N3O/c12-7-9-3-1-4-10(9)8-15-11-13-5-2-6-14-11/h2,5-6,9-10H,1,3-4,7-8,12H2. The van der Waals surface area contributed by atoms with Gasteiger partial charge >= 0.3 is 6.01 Å². The SMILES string of the molecule is NCC1CCCC1COc1ncccn1. The molecule has 0 aliphatic heterocycles. The van der Waals surface area contributed by atoms with Crippen molar-refractivity contribution < 1.29 is 4.74 Å². The van der Waals surface area contributed by atoms with Crippen LogP contribution in [0.25, 0.3) is 0 Å². The van der Waals surface area contributed by atoms with E-state index in [9.17, 15) is 0 Å². The molecule has 1 fully saturated rings. The first-order chi connectivity index (χ1) is 7.40. The van der Waals surface area contributed by atoms with Crippen molar-refractivity contribution in [3.63, 3.8) is 0 Å². The van der Waals surface area contributed by atoms with E-state index < -0.39 is 0 Å². The third-order valence-electron chi connectivity index (χ3n) is 3.09. The van der Waals surface area contributed by atoms with Gasteiger partial charge < -0.3 is 10.5 Å². The minimum absolute atomic E-state index is 0.472. The summed E-state index contributed by atoms with van der Waals surface area (Å²) in [6, 6.07) is 2.26. The summed E-state index contributed by atoms with van der Waals surface area (Å²) in [6.07, 6.45) is 7.11. The minimum atomic E-state index is 0.472. The van der Waals surface area contributed by atoms with Crippen molar-refractivity contribution in [2.24, 2.45) is 17.6 Å². The fourth-order valence-corrected chi connectivity index (χ4v) is 2.18. The highest BCUT2D eigenvalue weighted by Crippen LogP contribution is 2.30. The minimum Gasteiger partial charge on any atom is -0.463 e. The van der Waals surface area contributed by atoms with Gasteiger partial charge in [-0.15, -0.1) is 0 Å². The van der Waals surface area contributed by atoms with Gasteiger partial charge in [0.05, 0.1) is 6.61 Å². The second-order valence-corrected chi connectivity index (χ2v) is 4.03. The largest absolute Gasteiger partial charge is 0.463 e. The molecular weight excluding hydrogens is 190 g/mol. The molecule has 15 heavy (non-hydrogen) atoms. The molecular formula is C11H17N3O. The molecule has 2 unspecified atom stereocenters. The van der Waals surface area contributed by atoms with Crippen LogP contribution in [0, 0.1) is 11.8 Å². The van der Waals surface area contributed by atoms with E-state index in [4.69, 9.17) is 10.5 Å². The topological polar surface area (TPSA) is 61.0 Å². The zero-order chi connectivity index (χ0) is 10.5. The molecule has 0 bridgehead atoms. The number of aromatic nitrogens is 2.